The van der Waals surface area contributed by atoms with Gasteiger partial charge in [0.1, 0.15) is 0 Å². The van der Waals surface area contributed by atoms with Crippen LogP contribution in [0.25, 0.3) is 0 Å². The number of carbonyl (C=O) groups excluding carboxylic acids is 2. The van der Waals surface area contributed by atoms with Gasteiger partial charge in [-0.3, -0.25) is 4.79 Å². The van der Waals surface area contributed by atoms with Gasteiger partial charge in [-0.25, -0.2) is 4.79 Å². The number of unbranched alkanes of at least 4 members (excludes halogenated alkanes) is 23. The van der Waals surface area contributed by atoms with Crippen LogP contribution in [-0.2, 0) is 25.5 Å². The molecule has 0 aliphatic carbocycles. The van der Waals surface area contributed by atoms with Crippen molar-refractivity contribution in [1.82, 2.24) is 10.6 Å². The molecule has 0 radical (unpaired) electrons. The molecule has 0 bridgehead atoms. The maximum Gasteiger partial charge on any atom is 0.404 e. The predicted molar refractivity (Wildman–Crippen MR) is 222 cm³/mol. The van der Waals surface area contributed by atoms with E-state index in [1.807, 2.05) is 18.2 Å². The minimum absolute atomic E-state index is 0.0447. The molecule has 0 aliphatic rings. The molecule has 0 aromatic heterocycles. The molecule has 0 aliphatic heterocycles. The number of amides is 2. The number of nitrogens with one attached hydrogen (secondary N) is 2. The number of nitrogens with two attached hydrogens (primary N) is 1. The number of primary amides is 1. The molecule has 4 N–H and O–H groups in total. The average Bonchev–Trinajstić information content (AvgIpc) is 3.16. The van der Waals surface area contributed by atoms with E-state index in [4.69, 9.17) is 19.9 Å². The molecule has 1 rings (SSSR count). The Morgan fingerprint density at radius 1 is 0.604 bits per heavy atom. The zero-order valence-electron chi connectivity index (χ0n) is 34.5. The third-order valence-electron chi connectivity index (χ3n) is 10.1. The molecule has 1 aromatic carbocycles. The van der Waals surface area contributed by atoms with Crippen LogP contribution in [0.2, 0.25) is 0 Å². The van der Waals surface area contributed by atoms with Crippen molar-refractivity contribution in [3.63, 3.8) is 0 Å². The van der Waals surface area contributed by atoms with E-state index in [1.165, 1.54) is 141 Å². The maximum atomic E-state index is 13.5. The lowest BCUT2D eigenvalue weighted by Crippen LogP contribution is -2.47. The Labute approximate surface area is 326 Å². The smallest absolute Gasteiger partial charge is 0.404 e. The van der Waals surface area contributed by atoms with Crippen LogP contribution >= 0.6 is 0 Å². The zero-order valence-corrected chi connectivity index (χ0v) is 34.5. The number of benzene rings is 1. The second-order valence-corrected chi connectivity index (χ2v) is 15.2. The predicted octanol–water partition coefficient (Wildman–Crippen LogP) is 11.3. The Morgan fingerprint density at radius 3 is 1.58 bits per heavy atom. The lowest BCUT2D eigenvalue weighted by Gasteiger charge is -2.22. The lowest BCUT2D eigenvalue weighted by molar-refractivity contribution is -0.124. The van der Waals surface area contributed by atoms with Gasteiger partial charge in [0.15, 0.2) is 0 Å². The van der Waals surface area contributed by atoms with Crippen molar-refractivity contribution in [1.29, 1.82) is 0 Å². The Morgan fingerprint density at radius 2 is 1.08 bits per heavy atom. The van der Waals surface area contributed by atoms with E-state index in [0.717, 1.165) is 31.4 Å². The summed E-state index contributed by atoms with van der Waals surface area (Å²) >= 11 is 0. The Balaban J connectivity index is 2.46. The summed E-state index contributed by atoms with van der Waals surface area (Å²) in [7, 11) is 0. The van der Waals surface area contributed by atoms with Crippen LogP contribution in [0.5, 0.6) is 0 Å². The van der Waals surface area contributed by atoms with Gasteiger partial charge in [0.2, 0.25) is 5.91 Å². The molecule has 0 saturated heterocycles. The van der Waals surface area contributed by atoms with Gasteiger partial charge >= 0.3 is 6.09 Å². The summed E-state index contributed by atoms with van der Waals surface area (Å²) in [6.45, 7) is 7.74. The van der Waals surface area contributed by atoms with Crippen molar-refractivity contribution in [2.75, 3.05) is 33.0 Å². The fourth-order valence-electron chi connectivity index (χ4n) is 6.74. The molecule has 0 spiro atoms. The molecule has 8 nitrogen and oxygen atoms in total. The zero-order chi connectivity index (χ0) is 38.3. The summed E-state index contributed by atoms with van der Waals surface area (Å²) in [6, 6.07) is 9.73. The lowest BCUT2D eigenvalue weighted by atomic mass is 10.1. The van der Waals surface area contributed by atoms with Crippen LogP contribution < -0.4 is 16.4 Å². The summed E-state index contributed by atoms with van der Waals surface area (Å²) in [4.78, 5) is 24.4. The van der Waals surface area contributed by atoms with E-state index >= 15 is 0 Å². The fourth-order valence-corrected chi connectivity index (χ4v) is 6.74. The average molecular weight is 746 g/mol. The number of rotatable bonds is 40. The standard InChI is InChI=1S/C45H83N3O5/c1-3-5-7-9-11-13-15-17-19-21-23-29-35-51-40-42(52-36-30-24-22-20-18-16-14-12-10-8-6-4-2)39-48-44(49)43(34-28-31-37-53-45(46)50)47-38-41-32-26-25-27-33-41/h25-27,32-33,42-43,47H,3-24,28-31,34-40H2,1-2H3,(H2,46,50)(H,48,49)/t42?,43-/m1/s1. The fraction of sp³-hybridized carbons (Fsp3) is 0.822. The minimum Gasteiger partial charge on any atom is -0.450 e. The third kappa shape index (κ3) is 32.9. The molecule has 2 amide bonds. The number of carbonyl (C=O) groups is 2. The molecule has 1 unspecified atom stereocenters. The summed E-state index contributed by atoms with van der Waals surface area (Å²) in [5, 5.41) is 6.60. The van der Waals surface area contributed by atoms with Crippen molar-refractivity contribution >= 4 is 12.0 Å². The first kappa shape index (κ1) is 48.9. The monoisotopic (exact) mass is 746 g/mol. The normalized spacial score (nSPS) is 12.5. The molecular formula is C45H83N3O5. The van der Waals surface area contributed by atoms with Crippen molar-refractivity contribution in [2.45, 2.75) is 206 Å². The van der Waals surface area contributed by atoms with Gasteiger partial charge in [0.25, 0.3) is 0 Å². The summed E-state index contributed by atoms with van der Waals surface area (Å²) < 4.78 is 17.3. The molecule has 0 saturated carbocycles. The summed E-state index contributed by atoms with van der Waals surface area (Å²) in [6.07, 6.45) is 32.7. The van der Waals surface area contributed by atoms with E-state index in [1.54, 1.807) is 0 Å². The SMILES string of the molecule is CCCCCCCCCCCCCCOCC(CNC(=O)[C@@H](CCCCOC(N)=O)NCc1ccccc1)OCCCCCCCCCCCCCC. The van der Waals surface area contributed by atoms with E-state index < -0.39 is 6.09 Å². The highest BCUT2D eigenvalue weighted by molar-refractivity contribution is 5.81. The second-order valence-electron chi connectivity index (χ2n) is 15.2. The molecule has 0 heterocycles. The summed E-state index contributed by atoms with van der Waals surface area (Å²) in [5.41, 5.74) is 6.22. The van der Waals surface area contributed by atoms with Crippen LogP contribution in [0.1, 0.15) is 193 Å². The number of hydrogen-bond donors (Lipinski definition) is 3. The van der Waals surface area contributed by atoms with Crippen molar-refractivity contribution in [3.8, 4) is 0 Å². The molecule has 2 atom stereocenters. The summed E-state index contributed by atoms with van der Waals surface area (Å²) in [5.74, 6) is -0.0447. The number of ether oxygens (including phenoxy) is 3. The molecule has 1 aromatic rings. The Kier molecular flexibility index (Phi) is 35.1. The van der Waals surface area contributed by atoms with Crippen LogP contribution in [0.3, 0.4) is 0 Å². The van der Waals surface area contributed by atoms with Crippen LogP contribution in [0, 0.1) is 0 Å². The largest absolute Gasteiger partial charge is 0.450 e. The van der Waals surface area contributed by atoms with Gasteiger partial charge in [-0.05, 0) is 37.7 Å². The van der Waals surface area contributed by atoms with Gasteiger partial charge < -0.3 is 30.6 Å². The van der Waals surface area contributed by atoms with E-state index in [-0.39, 0.29) is 24.7 Å². The Bertz CT molecular complexity index is 934. The van der Waals surface area contributed by atoms with Gasteiger partial charge in [-0.15, -0.1) is 0 Å². The molecule has 53 heavy (non-hydrogen) atoms. The van der Waals surface area contributed by atoms with E-state index in [2.05, 4.69) is 36.6 Å². The molecule has 308 valence electrons. The first-order chi connectivity index (χ1) is 26.1. The van der Waals surface area contributed by atoms with Crippen LogP contribution in [-0.4, -0.2) is 57.1 Å². The van der Waals surface area contributed by atoms with E-state index in [9.17, 15) is 9.59 Å². The molecule has 8 heteroatoms. The minimum atomic E-state index is -0.767. The third-order valence-corrected chi connectivity index (χ3v) is 10.1. The van der Waals surface area contributed by atoms with Crippen LogP contribution in [0.4, 0.5) is 4.79 Å². The van der Waals surface area contributed by atoms with Gasteiger partial charge in [-0.2, -0.15) is 0 Å². The van der Waals surface area contributed by atoms with Gasteiger partial charge in [0, 0.05) is 26.3 Å². The topological polar surface area (TPSA) is 112 Å². The van der Waals surface area contributed by atoms with Gasteiger partial charge in [-0.1, -0.05) is 185 Å². The van der Waals surface area contributed by atoms with Crippen molar-refractivity contribution < 1.29 is 23.8 Å². The van der Waals surface area contributed by atoms with Crippen molar-refractivity contribution in [2.24, 2.45) is 5.73 Å². The molecular weight excluding hydrogens is 663 g/mol. The maximum absolute atomic E-state index is 13.5. The quantitative estimate of drug-likeness (QED) is 0.0577. The molecule has 0 fully saturated rings. The Hall–Kier alpha value is -2.16. The first-order valence-electron chi connectivity index (χ1n) is 22.2. The first-order valence-corrected chi connectivity index (χ1v) is 22.2. The van der Waals surface area contributed by atoms with Gasteiger partial charge in [0.05, 0.1) is 25.4 Å². The second kappa shape index (κ2) is 38.1. The highest BCUT2D eigenvalue weighted by Crippen LogP contribution is 2.14. The highest BCUT2D eigenvalue weighted by atomic mass is 16.5. The van der Waals surface area contributed by atoms with Crippen LogP contribution in [0.15, 0.2) is 30.3 Å². The highest BCUT2D eigenvalue weighted by Gasteiger charge is 2.20. The van der Waals surface area contributed by atoms with E-state index in [0.29, 0.717) is 39.1 Å². The van der Waals surface area contributed by atoms with Crippen molar-refractivity contribution in [3.05, 3.63) is 35.9 Å². The number of hydrogen-bond acceptors (Lipinski definition) is 6.